The van der Waals surface area contributed by atoms with E-state index >= 15 is 0 Å². The molecule has 2 heterocycles. The van der Waals surface area contributed by atoms with Gasteiger partial charge in [0.15, 0.2) is 5.65 Å². The lowest BCUT2D eigenvalue weighted by Crippen LogP contribution is -2.37. The van der Waals surface area contributed by atoms with Gasteiger partial charge in [-0.05, 0) is 31.5 Å². The summed E-state index contributed by atoms with van der Waals surface area (Å²) in [7, 11) is 0. The van der Waals surface area contributed by atoms with E-state index in [1.54, 1.807) is 0 Å². The van der Waals surface area contributed by atoms with E-state index < -0.39 is 17.3 Å². The summed E-state index contributed by atoms with van der Waals surface area (Å²) in [4.78, 5) is 28.7. The molecule has 0 aliphatic heterocycles. The largest absolute Gasteiger partial charge is 0.416 e. The van der Waals surface area contributed by atoms with Gasteiger partial charge in [-0.15, -0.1) is 0 Å². The zero-order valence-electron chi connectivity index (χ0n) is 15.2. The molecule has 1 N–H and O–H groups in total. The molecule has 0 aliphatic carbocycles. The van der Waals surface area contributed by atoms with Crippen molar-refractivity contribution in [2.24, 2.45) is 0 Å². The summed E-state index contributed by atoms with van der Waals surface area (Å²) in [5.41, 5.74) is -1.09. The van der Waals surface area contributed by atoms with Gasteiger partial charge in [0.2, 0.25) is 5.91 Å². The van der Waals surface area contributed by atoms with Crippen molar-refractivity contribution in [2.45, 2.75) is 39.0 Å². The third kappa shape index (κ3) is 3.90. The average molecular weight is 393 g/mol. The van der Waals surface area contributed by atoms with Gasteiger partial charge in [0.05, 0.1) is 17.4 Å². The molecule has 1 amide bonds. The second-order valence-electron chi connectivity index (χ2n) is 6.40. The van der Waals surface area contributed by atoms with Crippen molar-refractivity contribution in [3.63, 3.8) is 0 Å². The highest BCUT2D eigenvalue weighted by molar-refractivity contribution is 5.78. The van der Waals surface area contributed by atoms with Crippen molar-refractivity contribution < 1.29 is 18.0 Å². The molecular formula is C18H18F3N5O2. The lowest BCUT2D eigenvalue weighted by atomic mass is 10.2. The topological polar surface area (TPSA) is 81.8 Å². The average Bonchev–Trinajstić information content (AvgIpc) is 3.08. The minimum atomic E-state index is -4.50. The third-order valence-corrected chi connectivity index (χ3v) is 4.31. The van der Waals surface area contributed by atoms with Crippen LogP contribution in [0.15, 0.2) is 41.6 Å². The van der Waals surface area contributed by atoms with Gasteiger partial charge >= 0.3 is 6.18 Å². The quantitative estimate of drug-likeness (QED) is 0.722. The first-order chi connectivity index (χ1) is 13.2. The fourth-order valence-electron chi connectivity index (χ4n) is 2.64. The van der Waals surface area contributed by atoms with Crippen LogP contribution < -0.4 is 10.9 Å². The van der Waals surface area contributed by atoms with Gasteiger partial charge in [-0.1, -0.05) is 13.0 Å². The Morgan fingerprint density at radius 3 is 2.75 bits per heavy atom. The number of nitrogens with one attached hydrogen (secondary N) is 1. The van der Waals surface area contributed by atoms with E-state index in [2.05, 4.69) is 15.4 Å². The molecule has 0 fully saturated rings. The lowest BCUT2D eigenvalue weighted by molar-refractivity contribution is -0.137. The first kappa shape index (κ1) is 19.6. The summed E-state index contributed by atoms with van der Waals surface area (Å²) >= 11 is 0. The van der Waals surface area contributed by atoms with Gasteiger partial charge in [0.25, 0.3) is 5.56 Å². The number of carbonyl (C=O) groups excluding carboxylic acids is 1. The van der Waals surface area contributed by atoms with Crippen LogP contribution in [0.4, 0.5) is 13.2 Å². The Kier molecular flexibility index (Phi) is 5.21. The van der Waals surface area contributed by atoms with Crippen LogP contribution in [0.1, 0.15) is 25.8 Å². The van der Waals surface area contributed by atoms with E-state index in [0.29, 0.717) is 0 Å². The number of nitrogens with zero attached hydrogens (tertiary/aromatic N) is 4. The minimum Gasteiger partial charge on any atom is -0.352 e. The SMILES string of the molecule is CCC(C)NC(=O)Cn1cnc2c(cnn2-c2cccc(C(F)(F)F)c2)c1=O. The molecule has 2 aromatic heterocycles. The molecule has 0 bridgehead atoms. The van der Waals surface area contributed by atoms with Crippen molar-refractivity contribution in [2.75, 3.05) is 0 Å². The molecule has 1 unspecified atom stereocenters. The second kappa shape index (κ2) is 7.45. The third-order valence-electron chi connectivity index (χ3n) is 4.31. The summed E-state index contributed by atoms with van der Waals surface area (Å²) in [5.74, 6) is -0.331. The molecule has 0 radical (unpaired) electrons. The number of halogens is 3. The maximum atomic E-state index is 12.9. The molecule has 148 valence electrons. The summed E-state index contributed by atoms with van der Waals surface area (Å²) in [6.07, 6.45) is -1.33. The molecule has 28 heavy (non-hydrogen) atoms. The minimum absolute atomic E-state index is 0.0245. The van der Waals surface area contributed by atoms with Crippen LogP contribution in [0, 0.1) is 0 Å². The number of carbonyl (C=O) groups is 1. The molecule has 0 saturated heterocycles. The first-order valence-corrected chi connectivity index (χ1v) is 8.61. The predicted molar refractivity (Wildman–Crippen MR) is 96.0 cm³/mol. The second-order valence-corrected chi connectivity index (χ2v) is 6.40. The van der Waals surface area contributed by atoms with E-state index in [4.69, 9.17) is 0 Å². The Morgan fingerprint density at radius 2 is 2.07 bits per heavy atom. The number of rotatable bonds is 5. The summed E-state index contributed by atoms with van der Waals surface area (Å²) in [6, 6.07) is 4.55. The van der Waals surface area contributed by atoms with E-state index in [1.807, 2.05) is 13.8 Å². The van der Waals surface area contributed by atoms with Crippen LogP contribution in [-0.4, -0.2) is 31.3 Å². The van der Waals surface area contributed by atoms with Crippen LogP contribution in [0.3, 0.4) is 0 Å². The molecule has 1 aromatic carbocycles. The van der Waals surface area contributed by atoms with Crippen LogP contribution in [0.5, 0.6) is 0 Å². The smallest absolute Gasteiger partial charge is 0.352 e. The summed E-state index contributed by atoms with van der Waals surface area (Å²) in [5, 5.41) is 6.86. The Morgan fingerprint density at radius 1 is 1.32 bits per heavy atom. The molecule has 0 spiro atoms. The number of fused-ring (bicyclic) bond motifs is 1. The molecular weight excluding hydrogens is 375 g/mol. The highest BCUT2D eigenvalue weighted by atomic mass is 19.4. The van der Waals surface area contributed by atoms with E-state index in [-0.39, 0.29) is 35.2 Å². The van der Waals surface area contributed by atoms with Crippen LogP contribution in [0.2, 0.25) is 0 Å². The van der Waals surface area contributed by atoms with Gasteiger partial charge in [-0.3, -0.25) is 14.2 Å². The standard InChI is InChI=1S/C18H18F3N5O2/c1-3-11(2)24-15(27)9-25-10-22-16-14(17(25)28)8-23-26(16)13-6-4-5-12(7-13)18(19,20)21/h4-8,10-11H,3,9H2,1-2H3,(H,24,27). The molecule has 3 aromatic rings. The molecule has 0 saturated carbocycles. The zero-order chi connectivity index (χ0) is 20.5. The first-order valence-electron chi connectivity index (χ1n) is 8.61. The predicted octanol–water partition coefficient (Wildman–Crippen LogP) is 2.52. The number of hydrogen-bond donors (Lipinski definition) is 1. The van der Waals surface area contributed by atoms with Gasteiger partial charge in [-0.2, -0.15) is 18.3 Å². The number of aromatic nitrogens is 4. The number of amides is 1. The van der Waals surface area contributed by atoms with E-state index in [9.17, 15) is 22.8 Å². The van der Waals surface area contributed by atoms with Gasteiger partial charge in [0, 0.05) is 6.04 Å². The van der Waals surface area contributed by atoms with Crippen molar-refractivity contribution in [1.82, 2.24) is 24.6 Å². The van der Waals surface area contributed by atoms with E-state index in [1.165, 1.54) is 24.7 Å². The molecule has 7 nitrogen and oxygen atoms in total. The summed E-state index contributed by atoms with van der Waals surface area (Å²) in [6.45, 7) is 3.56. The monoisotopic (exact) mass is 393 g/mol. The van der Waals surface area contributed by atoms with Gasteiger partial charge in [0.1, 0.15) is 18.3 Å². The lowest BCUT2D eigenvalue weighted by Gasteiger charge is -2.12. The number of alkyl halides is 3. The molecule has 0 aliphatic rings. The Labute approximate surface area is 157 Å². The van der Waals surface area contributed by atoms with Crippen LogP contribution in [-0.2, 0) is 17.5 Å². The maximum Gasteiger partial charge on any atom is 0.416 e. The Balaban J connectivity index is 1.96. The fraction of sp³-hybridized carbons (Fsp3) is 0.333. The summed E-state index contributed by atoms with van der Waals surface area (Å²) < 4.78 is 41.1. The van der Waals surface area contributed by atoms with Crippen LogP contribution >= 0.6 is 0 Å². The van der Waals surface area contributed by atoms with Crippen LogP contribution in [0.25, 0.3) is 16.7 Å². The Bertz CT molecular complexity index is 1070. The maximum absolute atomic E-state index is 12.9. The Hall–Kier alpha value is -3.17. The number of benzene rings is 1. The van der Waals surface area contributed by atoms with Crippen molar-refractivity contribution >= 4 is 16.9 Å². The van der Waals surface area contributed by atoms with Gasteiger partial charge < -0.3 is 5.32 Å². The molecule has 10 heteroatoms. The molecule has 3 rings (SSSR count). The fourth-order valence-corrected chi connectivity index (χ4v) is 2.64. The van der Waals surface area contributed by atoms with Crippen molar-refractivity contribution in [1.29, 1.82) is 0 Å². The van der Waals surface area contributed by atoms with Crippen molar-refractivity contribution in [3.8, 4) is 5.69 Å². The van der Waals surface area contributed by atoms with Gasteiger partial charge in [-0.25, -0.2) is 9.67 Å². The van der Waals surface area contributed by atoms with Crippen molar-refractivity contribution in [3.05, 3.63) is 52.7 Å². The van der Waals surface area contributed by atoms with E-state index in [0.717, 1.165) is 27.8 Å². The normalized spacial score (nSPS) is 12.9. The number of hydrogen-bond acceptors (Lipinski definition) is 4. The molecule has 1 atom stereocenters. The highest BCUT2D eigenvalue weighted by Gasteiger charge is 2.30. The highest BCUT2D eigenvalue weighted by Crippen LogP contribution is 2.30. The zero-order valence-corrected chi connectivity index (χ0v) is 15.2.